The van der Waals surface area contributed by atoms with Gasteiger partial charge in [-0.25, -0.2) is 4.79 Å². The fourth-order valence-electron chi connectivity index (χ4n) is 2.33. The van der Waals surface area contributed by atoms with E-state index in [0.717, 1.165) is 19.3 Å². The first-order chi connectivity index (χ1) is 11.4. The third-order valence-electron chi connectivity index (χ3n) is 3.68. The predicted molar refractivity (Wildman–Crippen MR) is 92.4 cm³/mol. The minimum absolute atomic E-state index is 0.181. The number of benzene rings is 1. The average molecular weight is 337 g/mol. The summed E-state index contributed by atoms with van der Waals surface area (Å²) in [5.74, 6) is -0.780. The summed E-state index contributed by atoms with van der Waals surface area (Å²) >= 11 is 0. The first-order valence-corrected chi connectivity index (χ1v) is 8.31. The zero-order valence-electron chi connectivity index (χ0n) is 14.6. The van der Waals surface area contributed by atoms with Crippen molar-refractivity contribution in [2.45, 2.75) is 52.1 Å². The van der Waals surface area contributed by atoms with Crippen molar-refractivity contribution >= 4 is 17.6 Å². The first kappa shape index (κ1) is 20.0. The van der Waals surface area contributed by atoms with E-state index in [1.54, 1.807) is 24.3 Å². The van der Waals surface area contributed by atoms with E-state index in [0.29, 0.717) is 24.5 Å². The third-order valence-corrected chi connectivity index (χ3v) is 3.68. The maximum absolute atomic E-state index is 12.6. The summed E-state index contributed by atoms with van der Waals surface area (Å²) in [5.41, 5.74) is -0.244. The molecule has 1 atom stereocenters. The molecule has 1 amide bonds. The van der Waals surface area contributed by atoms with Crippen molar-refractivity contribution < 1.29 is 24.2 Å². The molecule has 0 spiro atoms. The number of amides is 1. The van der Waals surface area contributed by atoms with E-state index in [1.807, 2.05) is 13.8 Å². The highest BCUT2D eigenvalue weighted by Crippen LogP contribution is 2.23. The van der Waals surface area contributed by atoms with Crippen LogP contribution in [0.4, 0.5) is 5.69 Å². The molecule has 0 unspecified atom stereocenters. The van der Waals surface area contributed by atoms with Crippen LogP contribution in [0.15, 0.2) is 24.3 Å². The number of unbranched alkanes of at least 4 members (excludes halogenated alkanes) is 2. The molecule has 0 aliphatic heterocycles. The van der Waals surface area contributed by atoms with Crippen molar-refractivity contribution in [3.05, 3.63) is 24.3 Å². The maximum Gasteiger partial charge on any atom is 0.341 e. The fraction of sp³-hybridized carbons (Fsp3) is 0.556. The van der Waals surface area contributed by atoms with E-state index in [2.05, 4.69) is 12.2 Å². The van der Waals surface area contributed by atoms with Gasteiger partial charge in [0.15, 0.2) is 6.61 Å². The molecule has 134 valence electrons. The van der Waals surface area contributed by atoms with Crippen LogP contribution in [-0.4, -0.2) is 35.8 Å². The standard InChI is InChI=1S/C18H27NO5/c1-4-6-7-12-18(3,24-5-2)17(22)19-14-8-10-15(11-9-14)23-13-16(20)21/h8-11H,4-7,12-13H2,1-3H3,(H,19,22)(H,20,21)/t18-/m0/s1. The molecule has 1 aromatic carbocycles. The van der Waals surface area contributed by atoms with Crippen LogP contribution in [0.5, 0.6) is 5.75 Å². The minimum Gasteiger partial charge on any atom is -0.482 e. The minimum atomic E-state index is -1.04. The number of hydrogen-bond acceptors (Lipinski definition) is 4. The fourth-order valence-corrected chi connectivity index (χ4v) is 2.33. The number of carbonyl (C=O) groups excluding carboxylic acids is 1. The Labute approximate surface area is 143 Å². The molecule has 6 heteroatoms. The molecule has 2 N–H and O–H groups in total. The van der Waals surface area contributed by atoms with E-state index in [1.165, 1.54) is 0 Å². The molecule has 0 fully saturated rings. The predicted octanol–water partition coefficient (Wildman–Crippen LogP) is 3.46. The van der Waals surface area contributed by atoms with Gasteiger partial charge in [-0.05, 0) is 44.5 Å². The summed E-state index contributed by atoms with van der Waals surface area (Å²) in [6.07, 6.45) is 3.75. The Balaban J connectivity index is 2.67. The Kier molecular flexibility index (Phi) is 8.26. The highest BCUT2D eigenvalue weighted by molar-refractivity contribution is 5.97. The van der Waals surface area contributed by atoms with Crippen LogP contribution in [0.1, 0.15) is 46.5 Å². The van der Waals surface area contributed by atoms with Crippen LogP contribution in [0.3, 0.4) is 0 Å². The third kappa shape index (κ3) is 6.58. The molecule has 0 saturated heterocycles. The summed E-state index contributed by atoms with van der Waals surface area (Å²) in [4.78, 5) is 23.0. The molecule has 0 radical (unpaired) electrons. The van der Waals surface area contributed by atoms with Crippen molar-refractivity contribution in [1.29, 1.82) is 0 Å². The summed E-state index contributed by atoms with van der Waals surface area (Å²) < 4.78 is 10.8. The number of hydrogen-bond donors (Lipinski definition) is 2. The summed E-state index contributed by atoms with van der Waals surface area (Å²) in [5, 5.41) is 11.4. The number of nitrogens with one attached hydrogen (secondary N) is 1. The maximum atomic E-state index is 12.6. The normalized spacial score (nSPS) is 13.1. The number of carbonyl (C=O) groups is 2. The molecule has 0 aliphatic rings. The van der Waals surface area contributed by atoms with Crippen LogP contribution >= 0.6 is 0 Å². The van der Waals surface area contributed by atoms with Gasteiger partial charge in [-0.1, -0.05) is 26.2 Å². The Morgan fingerprint density at radius 2 is 1.83 bits per heavy atom. The lowest BCUT2D eigenvalue weighted by Crippen LogP contribution is -2.42. The van der Waals surface area contributed by atoms with Crippen molar-refractivity contribution in [1.82, 2.24) is 0 Å². The topological polar surface area (TPSA) is 84.9 Å². The van der Waals surface area contributed by atoms with Gasteiger partial charge in [0.05, 0.1) is 0 Å². The van der Waals surface area contributed by atoms with Gasteiger partial charge in [0.2, 0.25) is 0 Å². The zero-order valence-corrected chi connectivity index (χ0v) is 14.6. The van der Waals surface area contributed by atoms with E-state index >= 15 is 0 Å². The van der Waals surface area contributed by atoms with E-state index in [4.69, 9.17) is 14.6 Å². The molecule has 1 aromatic rings. The molecule has 0 bridgehead atoms. The van der Waals surface area contributed by atoms with E-state index in [-0.39, 0.29) is 5.91 Å². The molecule has 1 rings (SSSR count). The van der Waals surface area contributed by atoms with Crippen molar-refractivity contribution in [2.24, 2.45) is 0 Å². The van der Waals surface area contributed by atoms with Gasteiger partial charge in [-0.3, -0.25) is 4.79 Å². The van der Waals surface area contributed by atoms with E-state index in [9.17, 15) is 9.59 Å². The van der Waals surface area contributed by atoms with Gasteiger partial charge >= 0.3 is 5.97 Å². The molecular weight excluding hydrogens is 310 g/mol. The van der Waals surface area contributed by atoms with Crippen molar-refractivity contribution in [2.75, 3.05) is 18.5 Å². The lowest BCUT2D eigenvalue weighted by Gasteiger charge is -2.28. The number of rotatable bonds is 11. The van der Waals surface area contributed by atoms with Gasteiger partial charge < -0.3 is 19.9 Å². The molecule has 0 heterocycles. The van der Waals surface area contributed by atoms with Gasteiger partial charge in [-0.15, -0.1) is 0 Å². The Hall–Kier alpha value is -2.08. The molecule has 0 aliphatic carbocycles. The van der Waals surface area contributed by atoms with Crippen LogP contribution in [0.25, 0.3) is 0 Å². The quantitative estimate of drug-likeness (QED) is 0.604. The summed E-state index contributed by atoms with van der Waals surface area (Å²) in [6.45, 7) is 5.88. The van der Waals surface area contributed by atoms with Gasteiger partial charge in [0, 0.05) is 12.3 Å². The number of carboxylic acids is 1. The summed E-state index contributed by atoms with van der Waals surface area (Å²) in [7, 11) is 0. The number of anilines is 1. The Morgan fingerprint density at radius 3 is 2.38 bits per heavy atom. The Morgan fingerprint density at radius 1 is 1.17 bits per heavy atom. The molecule has 6 nitrogen and oxygen atoms in total. The van der Waals surface area contributed by atoms with Gasteiger partial charge in [0.25, 0.3) is 5.91 Å². The lowest BCUT2D eigenvalue weighted by atomic mass is 9.96. The van der Waals surface area contributed by atoms with Crippen molar-refractivity contribution in [3.8, 4) is 5.75 Å². The SMILES string of the molecule is CCCCC[C@](C)(OCC)C(=O)Nc1ccc(OCC(=O)O)cc1. The second-order valence-electron chi connectivity index (χ2n) is 5.78. The van der Waals surface area contributed by atoms with Crippen LogP contribution in [-0.2, 0) is 14.3 Å². The summed E-state index contributed by atoms with van der Waals surface area (Å²) in [6, 6.07) is 6.59. The second-order valence-corrected chi connectivity index (χ2v) is 5.78. The van der Waals surface area contributed by atoms with Gasteiger partial charge in [0.1, 0.15) is 11.4 Å². The molecular formula is C18H27NO5. The first-order valence-electron chi connectivity index (χ1n) is 8.31. The highest BCUT2D eigenvalue weighted by atomic mass is 16.5. The number of ether oxygens (including phenoxy) is 2. The van der Waals surface area contributed by atoms with Crippen LogP contribution in [0.2, 0.25) is 0 Å². The van der Waals surface area contributed by atoms with Gasteiger partial charge in [-0.2, -0.15) is 0 Å². The molecule has 0 aromatic heterocycles. The molecule has 0 saturated carbocycles. The lowest BCUT2D eigenvalue weighted by molar-refractivity contribution is -0.140. The number of aliphatic carboxylic acids is 1. The van der Waals surface area contributed by atoms with Crippen LogP contribution < -0.4 is 10.1 Å². The zero-order chi connectivity index (χ0) is 18.0. The monoisotopic (exact) mass is 337 g/mol. The number of carboxylic acid groups (broad SMARTS) is 1. The molecule has 24 heavy (non-hydrogen) atoms. The smallest absolute Gasteiger partial charge is 0.341 e. The average Bonchev–Trinajstić information content (AvgIpc) is 2.54. The largest absolute Gasteiger partial charge is 0.482 e. The second kappa shape index (κ2) is 9.93. The van der Waals surface area contributed by atoms with Crippen LogP contribution in [0, 0.1) is 0 Å². The highest BCUT2D eigenvalue weighted by Gasteiger charge is 2.33. The van der Waals surface area contributed by atoms with E-state index < -0.39 is 18.2 Å². The Bertz CT molecular complexity index is 529. The van der Waals surface area contributed by atoms with Crippen molar-refractivity contribution in [3.63, 3.8) is 0 Å².